The van der Waals surface area contributed by atoms with Gasteiger partial charge in [-0.25, -0.2) is 9.97 Å². The van der Waals surface area contributed by atoms with E-state index in [2.05, 4.69) is 15.3 Å². The van der Waals surface area contributed by atoms with Crippen molar-refractivity contribution in [2.75, 3.05) is 19.0 Å². The van der Waals surface area contributed by atoms with E-state index < -0.39 is 0 Å². The number of nitrogens with one attached hydrogen (secondary N) is 1. The Balaban J connectivity index is 2.34. The fourth-order valence-corrected chi connectivity index (χ4v) is 1.56. The molecule has 1 N–H and O–H groups in total. The maximum absolute atomic E-state index is 5.10. The van der Waals surface area contributed by atoms with Crippen LogP contribution < -0.4 is 10.1 Å². The fraction of sp³-hybridized carbons (Fsp3) is 0.231. The maximum Gasteiger partial charge on any atom is 0.213 e. The lowest BCUT2D eigenvalue weighted by atomic mass is 10.2. The first kappa shape index (κ1) is 11.4. The van der Waals surface area contributed by atoms with E-state index in [-0.39, 0.29) is 0 Å². The molecule has 2 heterocycles. The number of aromatic nitrogens is 2. The van der Waals surface area contributed by atoms with Crippen LogP contribution in [-0.4, -0.2) is 23.6 Å². The molecule has 0 saturated heterocycles. The molecule has 17 heavy (non-hydrogen) atoms. The van der Waals surface area contributed by atoms with Crippen molar-refractivity contribution in [3.8, 4) is 17.1 Å². The van der Waals surface area contributed by atoms with E-state index in [4.69, 9.17) is 4.74 Å². The van der Waals surface area contributed by atoms with E-state index in [0.29, 0.717) is 5.88 Å². The number of hydrogen-bond donors (Lipinski definition) is 1. The lowest BCUT2D eigenvalue weighted by Gasteiger charge is -2.06. The smallest absolute Gasteiger partial charge is 0.213 e. The molecule has 0 bridgehead atoms. The van der Waals surface area contributed by atoms with Gasteiger partial charge in [0.2, 0.25) is 5.88 Å². The largest absolute Gasteiger partial charge is 0.481 e. The standard InChI is InChI=1S/C13H15N3O/c1-3-14-12-6-4-5-11(16-12)10-7-8-15-13(9-10)17-2/h4-9H,3H2,1-2H3,(H,14,16). The van der Waals surface area contributed by atoms with Crippen molar-refractivity contribution in [3.05, 3.63) is 36.5 Å². The van der Waals surface area contributed by atoms with Crippen LogP contribution in [0.1, 0.15) is 6.92 Å². The van der Waals surface area contributed by atoms with Gasteiger partial charge < -0.3 is 10.1 Å². The third-order valence-corrected chi connectivity index (χ3v) is 2.35. The van der Waals surface area contributed by atoms with Crippen LogP contribution in [0.5, 0.6) is 5.88 Å². The van der Waals surface area contributed by atoms with Gasteiger partial charge in [0, 0.05) is 24.4 Å². The van der Waals surface area contributed by atoms with Gasteiger partial charge in [-0.3, -0.25) is 0 Å². The molecule has 4 nitrogen and oxygen atoms in total. The zero-order chi connectivity index (χ0) is 12.1. The molecule has 4 heteroatoms. The molecule has 0 aliphatic rings. The minimum Gasteiger partial charge on any atom is -0.481 e. The van der Waals surface area contributed by atoms with Crippen LogP contribution in [0.25, 0.3) is 11.3 Å². The van der Waals surface area contributed by atoms with Gasteiger partial charge >= 0.3 is 0 Å². The number of rotatable bonds is 4. The Bertz CT molecular complexity index is 500. The summed E-state index contributed by atoms with van der Waals surface area (Å²) in [5.41, 5.74) is 1.90. The maximum atomic E-state index is 5.10. The first-order valence-electron chi connectivity index (χ1n) is 5.55. The highest BCUT2D eigenvalue weighted by atomic mass is 16.5. The Labute approximate surface area is 101 Å². The van der Waals surface area contributed by atoms with E-state index in [1.54, 1.807) is 13.3 Å². The molecule has 0 radical (unpaired) electrons. The number of hydrogen-bond acceptors (Lipinski definition) is 4. The summed E-state index contributed by atoms with van der Waals surface area (Å²) in [6.45, 7) is 2.90. The van der Waals surface area contributed by atoms with E-state index in [9.17, 15) is 0 Å². The Morgan fingerprint density at radius 2 is 2.18 bits per heavy atom. The van der Waals surface area contributed by atoms with Gasteiger partial charge in [0.15, 0.2) is 0 Å². The Hall–Kier alpha value is -2.10. The van der Waals surface area contributed by atoms with E-state index >= 15 is 0 Å². The molecule has 0 aliphatic heterocycles. The quantitative estimate of drug-likeness (QED) is 0.875. The number of nitrogens with zero attached hydrogens (tertiary/aromatic N) is 2. The molecule has 88 valence electrons. The van der Waals surface area contributed by atoms with E-state index in [1.807, 2.05) is 37.3 Å². The van der Waals surface area contributed by atoms with Crippen molar-refractivity contribution in [2.45, 2.75) is 6.92 Å². The Morgan fingerprint density at radius 3 is 2.94 bits per heavy atom. The van der Waals surface area contributed by atoms with Crippen molar-refractivity contribution >= 4 is 5.82 Å². The third kappa shape index (κ3) is 2.72. The lowest BCUT2D eigenvalue weighted by molar-refractivity contribution is 0.398. The SMILES string of the molecule is CCNc1cccc(-c2ccnc(OC)c2)n1. The van der Waals surface area contributed by atoms with Gasteiger partial charge in [-0.1, -0.05) is 6.07 Å². The highest BCUT2D eigenvalue weighted by Crippen LogP contribution is 2.21. The predicted octanol–water partition coefficient (Wildman–Crippen LogP) is 2.58. The molecule has 0 unspecified atom stereocenters. The summed E-state index contributed by atoms with van der Waals surface area (Å²) in [6, 6.07) is 9.69. The van der Waals surface area contributed by atoms with Crippen LogP contribution in [0.3, 0.4) is 0 Å². The first-order valence-corrected chi connectivity index (χ1v) is 5.55. The van der Waals surface area contributed by atoms with Gasteiger partial charge in [-0.2, -0.15) is 0 Å². The van der Waals surface area contributed by atoms with Crippen LogP contribution in [-0.2, 0) is 0 Å². The second-order valence-electron chi connectivity index (χ2n) is 3.53. The number of anilines is 1. The monoisotopic (exact) mass is 229 g/mol. The van der Waals surface area contributed by atoms with E-state index in [1.165, 1.54) is 0 Å². The predicted molar refractivity (Wildman–Crippen MR) is 68.2 cm³/mol. The van der Waals surface area contributed by atoms with E-state index in [0.717, 1.165) is 23.6 Å². The highest BCUT2D eigenvalue weighted by molar-refractivity contribution is 5.61. The van der Waals surface area contributed by atoms with Crippen LogP contribution in [0, 0.1) is 0 Å². The zero-order valence-corrected chi connectivity index (χ0v) is 9.97. The average molecular weight is 229 g/mol. The lowest BCUT2D eigenvalue weighted by Crippen LogP contribution is -1.99. The van der Waals surface area contributed by atoms with Crippen molar-refractivity contribution in [2.24, 2.45) is 0 Å². The Kier molecular flexibility index (Phi) is 3.55. The van der Waals surface area contributed by atoms with Crippen LogP contribution in [0.15, 0.2) is 36.5 Å². The minimum atomic E-state index is 0.596. The summed E-state index contributed by atoms with van der Waals surface area (Å²) in [6.07, 6.45) is 1.72. The molecule has 0 spiro atoms. The topological polar surface area (TPSA) is 47.0 Å². The molecule has 0 amide bonds. The van der Waals surface area contributed by atoms with Gasteiger partial charge in [-0.15, -0.1) is 0 Å². The highest BCUT2D eigenvalue weighted by Gasteiger charge is 2.02. The molecule has 0 aromatic carbocycles. The fourth-order valence-electron chi connectivity index (χ4n) is 1.56. The van der Waals surface area contributed by atoms with Crippen LogP contribution >= 0.6 is 0 Å². The average Bonchev–Trinajstić information content (AvgIpc) is 2.40. The number of ether oxygens (including phenoxy) is 1. The zero-order valence-electron chi connectivity index (χ0n) is 9.97. The minimum absolute atomic E-state index is 0.596. The molecule has 2 rings (SSSR count). The summed E-state index contributed by atoms with van der Waals surface area (Å²) >= 11 is 0. The summed E-state index contributed by atoms with van der Waals surface area (Å²) in [5.74, 6) is 1.47. The summed E-state index contributed by atoms with van der Waals surface area (Å²) in [5, 5.41) is 3.19. The number of methoxy groups -OCH3 is 1. The van der Waals surface area contributed by atoms with Gasteiger partial charge in [0.1, 0.15) is 5.82 Å². The molecule has 2 aromatic rings. The second kappa shape index (κ2) is 5.30. The van der Waals surface area contributed by atoms with Crippen molar-refractivity contribution in [1.29, 1.82) is 0 Å². The van der Waals surface area contributed by atoms with Gasteiger partial charge in [0.25, 0.3) is 0 Å². The third-order valence-electron chi connectivity index (χ3n) is 2.35. The Morgan fingerprint density at radius 1 is 1.29 bits per heavy atom. The van der Waals surface area contributed by atoms with Crippen molar-refractivity contribution < 1.29 is 4.74 Å². The van der Waals surface area contributed by atoms with Crippen LogP contribution in [0.4, 0.5) is 5.82 Å². The summed E-state index contributed by atoms with van der Waals surface area (Å²) in [4.78, 5) is 8.59. The van der Waals surface area contributed by atoms with Gasteiger partial charge in [-0.05, 0) is 25.1 Å². The number of pyridine rings is 2. The molecule has 0 fully saturated rings. The molecule has 0 atom stereocenters. The normalized spacial score (nSPS) is 10.0. The van der Waals surface area contributed by atoms with Crippen LogP contribution in [0.2, 0.25) is 0 Å². The molecule has 2 aromatic heterocycles. The molecular formula is C13H15N3O. The first-order chi connectivity index (χ1) is 8.33. The second-order valence-corrected chi connectivity index (χ2v) is 3.53. The summed E-state index contributed by atoms with van der Waals surface area (Å²) < 4.78 is 5.10. The molecular weight excluding hydrogens is 214 g/mol. The van der Waals surface area contributed by atoms with Crippen molar-refractivity contribution in [3.63, 3.8) is 0 Å². The molecule has 0 saturated carbocycles. The van der Waals surface area contributed by atoms with Crippen molar-refractivity contribution in [1.82, 2.24) is 9.97 Å². The molecule has 0 aliphatic carbocycles. The summed E-state index contributed by atoms with van der Waals surface area (Å²) in [7, 11) is 1.61. The van der Waals surface area contributed by atoms with Gasteiger partial charge in [0.05, 0.1) is 12.8 Å².